The molecule has 0 unspecified atom stereocenters. The van der Waals surface area contributed by atoms with E-state index in [1.165, 1.54) is 12.3 Å². The Morgan fingerprint density at radius 2 is 1.76 bits per heavy atom. The number of hydrogen-bond donors (Lipinski definition) is 2. The summed E-state index contributed by atoms with van der Waals surface area (Å²) in [5, 5.41) is 13.1. The summed E-state index contributed by atoms with van der Waals surface area (Å²) in [4.78, 5) is 22.9. The maximum absolute atomic E-state index is 10.2. The van der Waals surface area contributed by atoms with E-state index in [4.69, 9.17) is 9.90 Å². The van der Waals surface area contributed by atoms with E-state index in [1.807, 2.05) is 18.2 Å². The van der Waals surface area contributed by atoms with Gasteiger partial charge in [0.1, 0.15) is 0 Å². The van der Waals surface area contributed by atoms with Crippen molar-refractivity contribution >= 4 is 5.97 Å². The number of carboxylic acids is 1. The predicted molar refractivity (Wildman–Crippen MR) is 62.4 cm³/mol. The Balaban J connectivity index is 0.000000236. The van der Waals surface area contributed by atoms with Gasteiger partial charge in [0, 0.05) is 31.6 Å². The number of hydrogen-bond acceptors (Lipinski definition) is 4. The molecule has 2 aromatic rings. The summed E-state index contributed by atoms with van der Waals surface area (Å²) in [6.45, 7) is 1.08. The van der Waals surface area contributed by atoms with Crippen LogP contribution in [0, 0.1) is 0 Å². The summed E-state index contributed by atoms with van der Waals surface area (Å²) in [7, 11) is 0. The van der Waals surface area contributed by atoms with Gasteiger partial charge in [0.2, 0.25) is 0 Å². The van der Waals surface area contributed by atoms with Gasteiger partial charge >= 0.3 is 0 Å². The van der Waals surface area contributed by atoms with Crippen LogP contribution in [0.3, 0.4) is 0 Å². The van der Waals surface area contributed by atoms with Gasteiger partial charge in [-0.15, -0.1) is 0 Å². The Morgan fingerprint density at radius 1 is 1.18 bits per heavy atom. The Labute approximate surface area is 98.0 Å². The normalized spacial score (nSPS) is 7.82. The lowest BCUT2D eigenvalue weighted by atomic mass is 10.5. The van der Waals surface area contributed by atoms with Crippen LogP contribution < -0.4 is 5.56 Å². The zero-order chi connectivity index (χ0) is 12.9. The fourth-order valence-corrected chi connectivity index (χ4v) is 0.624. The van der Waals surface area contributed by atoms with E-state index in [-0.39, 0.29) is 5.56 Å². The first kappa shape index (κ1) is 14.5. The van der Waals surface area contributed by atoms with Gasteiger partial charge in [0.15, 0.2) is 0 Å². The summed E-state index contributed by atoms with van der Waals surface area (Å²) >= 11 is 0. The third-order valence-electron chi connectivity index (χ3n) is 1.15. The molecule has 0 bridgehead atoms. The Hall–Kier alpha value is -2.50. The SMILES string of the molecule is CC(=O)O.O=c1cccn[nH]1.c1ccncc1. The maximum Gasteiger partial charge on any atom is 0.300 e. The molecule has 0 atom stereocenters. The fourth-order valence-electron chi connectivity index (χ4n) is 0.624. The number of H-pyrrole nitrogens is 1. The van der Waals surface area contributed by atoms with Gasteiger partial charge in [0.25, 0.3) is 11.5 Å². The molecule has 0 amide bonds. The second kappa shape index (κ2) is 10.0. The Kier molecular flexibility index (Phi) is 8.56. The molecule has 6 nitrogen and oxygen atoms in total. The van der Waals surface area contributed by atoms with Crippen molar-refractivity contribution in [2.75, 3.05) is 0 Å². The Morgan fingerprint density at radius 3 is 1.94 bits per heavy atom. The molecule has 0 spiro atoms. The highest BCUT2D eigenvalue weighted by molar-refractivity contribution is 5.62. The number of aliphatic carboxylic acids is 1. The molecule has 2 heterocycles. The van der Waals surface area contributed by atoms with Crippen molar-refractivity contribution in [2.24, 2.45) is 0 Å². The van der Waals surface area contributed by atoms with Crippen molar-refractivity contribution in [2.45, 2.75) is 6.92 Å². The molecule has 0 aliphatic heterocycles. The number of carboxylic acid groups (broad SMARTS) is 1. The average Bonchev–Trinajstić information content (AvgIpc) is 2.32. The van der Waals surface area contributed by atoms with Crippen molar-refractivity contribution in [1.29, 1.82) is 0 Å². The van der Waals surface area contributed by atoms with Crippen LogP contribution in [0.2, 0.25) is 0 Å². The summed E-state index contributed by atoms with van der Waals surface area (Å²) in [6.07, 6.45) is 5.02. The number of pyridine rings is 1. The number of rotatable bonds is 0. The second-order valence-electron chi connectivity index (χ2n) is 2.66. The molecule has 2 N–H and O–H groups in total. The zero-order valence-electron chi connectivity index (χ0n) is 9.28. The van der Waals surface area contributed by atoms with Gasteiger partial charge in [-0.25, -0.2) is 5.10 Å². The van der Waals surface area contributed by atoms with Crippen LogP contribution in [0.5, 0.6) is 0 Å². The molecule has 0 saturated carbocycles. The lowest BCUT2D eigenvalue weighted by Crippen LogP contribution is -2.02. The first-order chi connectivity index (χ1) is 8.13. The van der Waals surface area contributed by atoms with Gasteiger partial charge < -0.3 is 5.11 Å². The molecule has 0 saturated heterocycles. The van der Waals surface area contributed by atoms with Gasteiger partial charge in [-0.1, -0.05) is 6.07 Å². The van der Waals surface area contributed by atoms with Crippen LogP contribution in [0.1, 0.15) is 6.92 Å². The topological polar surface area (TPSA) is 95.9 Å². The van der Waals surface area contributed by atoms with Crippen LogP contribution in [0.25, 0.3) is 0 Å². The minimum Gasteiger partial charge on any atom is -0.481 e. The lowest BCUT2D eigenvalue weighted by Gasteiger charge is -1.72. The van der Waals surface area contributed by atoms with E-state index in [0.29, 0.717) is 0 Å². The van der Waals surface area contributed by atoms with E-state index in [2.05, 4.69) is 15.2 Å². The molecule has 6 heteroatoms. The van der Waals surface area contributed by atoms with Crippen LogP contribution in [-0.4, -0.2) is 26.3 Å². The molecule has 0 aliphatic carbocycles. The first-order valence-corrected chi connectivity index (χ1v) is 4.67. The molecule has 2 aromatic heterocycles. The molecule has 0 fully saturated rings. The molecule has 0 aliphatic rings. The zero-order valence-corrected chi connectivity index (χ0v) is 9.28. The van der Waals surface area contributed by atoms with E-state index in [0.717, 1.165) is 6.92 Å². The average molecular weight is 235 g/mol. The molecule has 17 heavy (non-hydrogen) atoms. The number of nitrogens with one attached hydrogen (secondary N) is 1. The third kappa shape index (κ3) is 13.5. The number of nitrogens with zero attached hydrogens (tertiary/aromatic N) is 2. The number of aromatic nitrogens is 3. The van der Waals surface area contributed by atoms with E-state index in [1.54, 1.807) is 18.5 Å². The minimum atomic E-state index is -0.833. The smallest absolute Gasteiger partial charge is 0.300 e. The van der Waals surface area contributed by atoms with E-state index < -0.39 is 5.97 Å². The van der Waals surface area contributed by atoms with Crippen LogP contribution >= 0.6 is 0 Å². The number of carbonyl (C=O) groups is 1. The highest BCUT2D eigenvalue weighted by Gasteiger charge is 1.70. The summed E-state index contributed by atoms with van der Waals surface area (Å²) < 4.78 is 0. The standard InChI is InChI=1S/C5H5N.C4H4N2O.C2H4O2/c1-2-4-6-5-3-1;7-4-2-1-3-5-6-4;1-2(3)4/h1-5H;1-3H,(H,6,7);1H3,(H,3,4). The molecular weight excluding hydrogens is 222 g/mol. The monoisotopic (exact) mass is 235 g/mol. The Bertz CT molecular complexity index is 409. The van der Waals surface area contributed by atoms with Crippen molar-refractivity contribution in [3.05, 3.63) is 59.3 Å². The maximum atomic E-state index is 10.2. The van der Waals surface area contributed by atoms with Crippen molar-refractivity contribution in [3.8, 4) is 0 Å². The van der Waals surface area contributed by atoms with Crippen molar-refractivity contribution in [1.82, 2.24) is 15.2 Å². The van der Waals surface area contributed by atoms with Crippen LogP contribution in [-0.2, 0) is 4.79 Å². The number of aromatic amines is 1. The van der Waals surface area contributed by atoms with E-state index >= 15 is 0 Å². The summed E-state index contributed by atoms with van der Waals surface area (Å²) in [5.41, 5.74) is -0.164. The summed E-state index contributed by atoms with van der Waals surface area (Å²) in [6, 6.07) is 8.71. The molecule has 0 aromatic carbocycles. The molecular formula is C11H13N3O3. The van der Waals surface area contributed by atoms with Gasteiger partial charge in [0.05, 0.1) is 0 Å². The first-order valence-electron chi connectivity index (χ1n) is 4.67. The molecule has 2 rings (SSSR count). The van der Waals surface area contributed by atoms with Gasteiger partial charge in [-0.2, -0.15) is 5.10 Å². The van der Waals surface area contributed by atoms with Crippen molar-refractivity contribution in [3.63, 3.8) is 0 Å². The summed E-state index contributed by atoms with van der Waals surface area (Å²) in [5.74, 6) is -0.833. The van der Waals surface area contributed by atoms with Gasteiger partial charge in [-0.05, 0) is 18.2 Å². The third-order valence-corrected chi connectivity index (χ3v) is 1.15. The van der Waals surface area contributed by atoms with Crippen LogP contribution in [0.15, 0.2) is 53.7 Å². The predicted octanol–water partition coefficient (Wildman–Crippen LogP) is 0.942. The highest BCUT2D eigenvalue weighted by Crippen LogP contribution is 1.73. The highest BCUT2D eigenvalue weighted by atomic mass is 16.4. The van der Waals surface area contributed by atoms with E-state index in [9.17, 15) is 4.79 Å². The molecule has 90 valence electrons. The second-order valence-corrected chi connectivity index (χ2v) is 2.66. The minimum absolute atomic E-state index is 0.164. The largest absolute Gasteiger partial charge is 0.481 e. The van der Waals surface area contributed by atoms with Crippen molar-refractivity contribution < 1.29 is 9.90 Å². The van der Waals surface area contributed by atoms with Gasteiger partial charge in [-0.3, -0.25) is 14.6 Å². The fraction of sp³-hybridized carbons (Fsp3) is 0.0909. The quantitative estimate of drug-likeness (QED) is 0.708. The molecule has 0 radical (unpaired) electrons. The van der Waals surface area contributed by atoms with Crippen LogP contribution in [0.4, 0.5) is 0 Å². The lowest BCUT2D eigenvalue weighted by molar-refractivity contribution is -0.134.